The van der Waals surface area contributed by atoms with Gasteiger partial charge in [0.2, 0.25) is 21.7 Å². The number of sulfonamides is 1. The fourth-order valence-corrected chi connectivity index (χ4v) is 3.37. The summed E-state index contributed by atoms with van der Waals surface area (Å²) in [5.74, 6) is -1.88. The molecule has 0 aliphatic carbocycles. The number of ether oxygens (including phenoxy) is 2. The zero-order chi connectivity index (χ0) is 18.5. The van der Waals surface area contributed by atoms with Crippen molar-refractivity contribution in [3.63, 3.8) is 0 Å². The highest BCUT2D eigenvalue weighted by atomic mass is 35.5. The van der Waals surface area contributed by atoms with Crippen molar-refractivity contribution in [1.29, 1.82) is 0 Å². The SMILES string of the molecule is COC(CNC(=O)C(C)NS(C)(=O)=O)(OC)c1ccc(Cl)cc1Cl. The lowest BCUT2D eigenvalue weighted by Gasteiger charge is -2.32. The summed E-state index contributed by atoms with van der Waals surface area (Å²) in [6.45, 7) is 1.34. The van der Waals surface area contributed by atoms with E-state index in [4.69, 9.17) is 32.7 Å². The van der Waals surface area contributed by atoms with E-state index in [9.17, 15) is 13.2 Å². The first kappa shape index (κ1) is 21.1. The maximum absolute atomic E-state index is 12.1. The monoisotopic (exact) mass is 398 g/mol. The van der Waals surface area contributed by atoms with Crippen LogP contribution in [-0.4, -0.2) is 47.4 Å². The Balaban J connectivity index is 2.95. The summed E-state index contributed by atoms with van der Waals surface area (Å²) in [6.07, 6.45) is 0.971. The van der Waals surface area contributed by atoms with E-state index in [1.54, 1.807) is 12.1 Å². The van der Waals surface area contributed by atoms with Crippen molar-refractivity contribution in [1.82, 2.24) is 10.0 Å². The number of methoxy groups -OCH3 is 2. The van der Waals surface area contributed by atoms with Gasteiger partial charge in [-0.05, 0) is 19.1 Å². The zero-order valence-electron chi connectivity index (χ0n) is 13.7. The van der Waals surface area contributed by atoms with Crippen LogP contribution >= 0.6 is 23.2 Å². The molecule has 0 aromatic heterocycles. The van der Waals surface area contributed by atoms with Gasteiger partial charge in [-0.2, -0.15) is 0 Å². The molecular formula is C14H20Cl2N2O5S. The van der Waals surface area contributed by atoms with Gasteiger partial charge in [-0.25, -0.2) is 13.1 Å². The molecule has 0 bridgehead atoms. The number of rotatable bonds is 8. The standard InChI is InChI=1S/C14H20Cl2N2O5S/c1-9(18-24(4,20)21)13(19)17-8-14(22-2,23-3)11-6-5-10(15)7-12(11)16/h5-7,9,18H,8H2,1-4H3,(H,17,19). The van der Waals surface area contributed by atoms with Crippen LogP contribution in [0.4, 0.5) is 0 Å². The average Bonchev–Trinajstić information content (AvgIpc) is 2.48. The van der Waals surface area contributed by atoms with Crippen LogP contribution in [0.25, 0.3) is 0 Å². The smallest absolute Gasteiger partial charge is 0.238 e. The first-order chi connectivity index (χ1) is 11.0. The Kier molecular flexibility index (Phi) is 7.45. The molecule has 136 valence electrons. The summed E-state index contributed by atoms with van der Waals surface area (Å²) in [5, 5.41) is 3.33. The van der Waals surface area contributed by atoms with Gasteiger partial charge in [0.15, 0.2) is 0 Å². The van der Waals surface area contributed by atoms with Crippen molar-refractivity contribution >= 4 is 39.1 Å². The Morgan fingerprint density at radius 2 is 1.88 bits per heavy atom. The molecule has 7 nitrogen and oxygen atoms in total. The highest BCUT2D eigenvalue weighted by molar-refractivity contribution is 7.88. The Morgan fingerprint density at radius 1 is 1.29 bits per heavy atom. The van der Waals surface area contributed by atoms with Gasteiger partial charge in [0, 0.05) is 24.8 Å². The second-order valence-corrected chi connectivity index (χ2v) is 7.74. The Morgan fingerprint density at radius 3 is 2.33 bits per heavy atom. The molecule has 0 radical (unpaired) electrons. The Bertz CT molecular complexity index is 692. The number of amides is 1. The first-order valence-corrected chi connectivity index (χ1v) is 9.50. The minimum atomic E-state index is -3.51. The quantitative estimate of drug-likeness (QED) is 0.647. The van der Waals surface area contributed by atoms with Crippen LogP contribution in [0.15, 0.2) is 18.2 Å². The molecule has 24 heavy (non-hydrogen) atoms. The average molecular weight is 399 g/mol. The van der Waals surface area contributed by atoms with Gasteiger partial charge in [-0.3, -0.25) is 4.79 Å². The predicted octanol–water partition coefficient (Wildman–Crippen LogP) is 1.49. The molecule has 1 aromatic carbocycles. The Hall–Kier alpha value is -0.900. The molecule has 0 aliphatic rings. The summed E-state index contributed by atoms with van der Waals surface area (Å²) in [7, 11) is -0.703. The highest BCUT2D eigenvalue weighted by Crippen LogP contribution is 2.33. The molecule has 0 aliphatic heterocycles. The molecule has 1 atom stereocenters. The van der Waals surface area contributed by atoms with Gasteiger partial charge in [0.25, 0.3) is 0 Å². The fraction of sp³-hybridized carbons (Fsp3) is 0.500. The molecule has 0 fully saturated rings. The molecule has 2 N–H and O–H groups in total. The van der Waals surface area contributed by atoms with E-state index >= 15 is 0 Å². The summed E-state index contributed by atoms with van der Waals surface area (Å²) >= 11 is 12.1. The van der Waals surface area contributed by atoms with Crippen LogP contribution in [-0.2, 0) is 30.1 Å². The van der Waals surface area contributed by atoms with Gasteiger partial charge >= 0.3 is 0 Å². The lowest BCUT2D eigenvalue weighted by Crippen LogP contribution is -2.50. The molecule has 0 heterocycles. The molecule has 10 heteroatoms. The molecule has 0 saturated heterocycles. The number of carbonyl (C=O) groups excluding carboxylic acids is 1. The maximum Gasteiger partial charge on any atom is 0.238 e. The van der Waals surface area contributed by atoms with Crippen LogP contribution in [0, 0.1) is 0 Å². The number of halogens is 2. The normalized spacial score (nSPS) is 13.6. The van der Waals surface area contributed by atoms with Gasteiger partial charge < -0.3 is 14.8 Å². The van der Waals surface area contributed by atoms with Gasteiger partial charge in [-0.1, -0.05) is 29.3 Å². The number of carbonyl (C=O) groups is 1. The van der Waals surface area contributed by atoms with E-state index in [-0.39, 0.29) is 6.54 Å². The number of benzene rings is 1. The van der Waals surface area contributed by atoms with Gasteiger partial charge in [-0.15, -0.1) is 0 Å². The van der Waals surface area contributed by atoms with Crippen LogP contribution in [0.3, 0.4) is 0 Å². The first-order valence-electron chi connectivity index (χ1n) is 6.85. The third kappa shape index (κ3) is 5.58. The minimum absolute atomic E-state index is 0.0873. The third-order valence-corrected chi connectivity index (χ3v) is 4.61. The molecule has 1 unspecified atom stereocenters. The van der Waals surface area contributed by atoms with Crippen LogP contribution < -0.4 is 10.0 Å². The van der Waals surface area contributed by atoms with Crippen molar-refractivity contribution in [2.75, 3.05) is 27.0 Å². The molecule has 1 rings (SSSR count). The van der Waals surface area contributed by atoms with E-state index < -0.39 is 27.8 Å². The van der Waals surface area contributed by atoms with Crippen molar-refractivity contribution in [2.45, 2.75) is 18.8 Å². The van der Waals surface area contributed by atoms with Gasteiger partial charge in [0.05, 0.1) is 23.9 Å². The third-order valence-electron chi connectivity index (χ3n) is 3.28. The number of hydrogen-bond acceptors (Lipinski definition) is 5. The fourth-order valence-electron chi connectivity index (χ4n) is 2.07. The van der Waals surface area contributed by atoms with Crippen molar-refractivity contribution < 1.29 is 22.7 Å². The summed E-state index contributed by atoms with van der Waals surface area (Å²) in [6, 6.07) is 3.82. The van der Waals surface area contributed by atoms with E-state index in [1.165, 1.54) is 27.2 Å². The van der Waals surface area contributed by atoms with E-state index in [2.05, 4.69) is 10.0 Å². The predicted molar refractivity (Wildman–Crippen MR) is 92.6 cm³/mol. The summed E-state index contributed by atoms with van der Waals surface area (Å²) in [4.78, 5) is 12.1. The minimum Gasteiger partial charge on any atom is -0.349 e. The van der Waals surface area contributed by atoms with Crippen molar-refractivity contribution in [2.24, 2.45) is 0 Å². The van der Waals surface area contributed by atoms with E-state index in [1.807, 2.05) is 0 Å². The van der Waals surface area contributed by atoms with E-state index in [0.29, 0.717) is 15.6 Å². The second-order valence-electron chi connectivity index (χ2n) is 5.11. The molecule has 1 amide bonds. The molecule has 0 spiro atoms. The number of hydrogen-bond donors (Lipinski definition) is 2. The van der Waals surface area contributed by atoms with Gasteiger partial charge in [0.1, 0.15) is 0 Å². The summed E-state index contributed by atoms with van der Waals surface area (Å²) < 4.78 is 35.4. The van der Waals surface area contributed by atoms with Crippen LogP contribution in [0.1, 0.15) is 12.5 Å². The maximum atomic E-state index is 12.1. The topological polar surface area (TPSA) is 93.7 Å². The molecular weight excluding hydrogens is 379 g/mol. The number of nitrogens with one attached hydrogen (secondary N) is 2. The Labute approximate surface area is 151 Å². The molecule has 1 aromatic rings. The van der Waals surface area contributed by atoms with Crippen molar-refractivity contribution in [3.8, 4) is 0 Å². The van der Waals surface area contributed by atoms with Crippen molar-refractivity contribution in [3.05, 3.63) is 33.8 Å². The van der Waals surface area contributed by atoms with E-state index in [0.717, 1.165) is 6.26 Å². The zero-order valence-corrected chi connectivity index (χ0v) is 16.1. The lowest BCUT2D eigenvalue weighted by atomic mass is 10.1. The highest BCUT2D eigenvalue weighted by Gasteiger charge is 2.35. The van der Waals surface area contributed by atoms with Crippen LogP contribution in [0.2, 0.25) is 10.0 Å². The second kappa shape index (κ2) is 8.46. The summed E-state index contributed by atoms with van der Waals surface area (Å²) in [5.41, 5.74) is 0.475. The lowest BCUT2D eigenvalue weighted by molar-refractivity contribution is -0.212. The van der Waals surface area contributed by atoms with Crippen LogP contribution in [0.5, 0.6) is 0 Å². The molecule has 0 saturated carbocycles. The largest absolute Gasteiger partial charge is 0.349 e.